The molecule has 0 bridgehead atoms. The lowest BCUT2D eigenvalue weighted by Crippen LogP contribution is -2.13. The Morgan fingerprint density at radius 1 is 1.22 bits per heavy atom. The second-order valence-electron chi connectivity index (χ2n) is 4.64. The molecule has 0 unspecified atom stereocenters. The van der Waals surface area contributed by atoms with E-state index >= 15 is 0 Å². The first-order chi connectivity index (χ1) is 11.1. The van der Waals surface area contributed by atoms with Crippen molar-refractivity contribution in [1.82, 2.24) is 9.97 Å². The summed E-state index contributed by atoms with van der Waals surface area (Å²) in [5.74, 6) is -0.202. The maximum atomic E-state index is 12.5. The van der Waals surface area contributed by atoms with Crippen molar-refractivity contribution in [2.45, 2.75) is 16.8 Å². The van der Waals surface area contributed by atoms with Crippen LogP contribution in [0.3, 0.4) is 0 Å². The first-order valence-corrected chi connectivity index (χ1v) is 9.16. The van der Waals surface area contributed by atoms with Gasteiger partial charge in [-0.05, 0) is 43.3 Å². The lowest BCUT2D eigenvalue weighted by Gasteiger charge is -2.07. The van der Waals surface area contributed by atoms with E-state index in [1.165, 1.54) is 23.1 Å². The van der Waals surface area contributed by atoms with Crippen LogP contribution in [0.1, 0.15) is 15.2 Å². The Balaban J connectivity index is 1.82. The van der Waals surface area contributed by atoms with Crippen LogP contribution in [0.15, 0.2) is 63.2 Å². The van der Waals surface area contributed by atoms with Crippen molar-refractivity contribution in [3.63, 3.8) is 0 Å². The van der Waals surface area contributed by atoms with Gasteiger partial charge < -0.3 is 0 Å². The minimum Gasteiger partial charge on any atom is -0.298 e. The number of hydrogen-bond donors (Lipinski definition) is 1. The van der Waals surface area contributed by atoms with Crippen molar-refractivity contribution in [3.05, 3.63) is 63.7 Å². The number of nitrogens with one attached hydrogen (secondary N) is 1. The van der Waals surface area contributed by atoms with Gasteiger partial charge in [0.2, 0.25) is 0 Å². The first kappa shape index (κ1) is 16.2. The highest BCUT2D eigenvalue weighted by Gasteiger charge is 2.15. The van der Waals surface area contributed by atoms with Crippen LogP contribution in [0.5, 0.6) is 0 Å². The molecule has 0 atom stereocenters. The minimum absolute atomic E-state index is 0.202. The molecule has 0 saturated heterocycles. The lowest BCUT2D eigenvalue weighted by molar-refractivity contribution is 0.102. The molecule has 0 spiro atoms. The number of thiazole rings is 1. The van der Waals surface area contributed by atoms with Crippen LogP contribution in [-0.2, 0) is 0 Å². The van der Waals surface area contributed by atoms with E-state index in [4.69, 9.17) is 0 Å². The minimum atomic E-state index is -0.202. The molecule has 2 heterocycles. The number of aromatic nitrogens is 2. The molecular formula is C16H12BrN3OS2. The Hall–Kier alpha value is -1.70. The van der Waals surface area contributed by atoms with Gasteiger partial charge >= 0.3 is 0 Å². The van der Waals surface area contributed by atoms with E-state index in [1.54, 1.807) is 24.5 Å². The van der Waals surface area contributed by atoms with E-state index < -0.39 is 0 Å². The fraction of sp³-hybridized carbons (Fsp3) is 0.0625. The molecule has 0 fully saturated rings. The first-order valence-electron chi connectivity index (χ1n) is 6.74. The number of nitrogens with zero attached hydrogens (tertiary/aromatic N) is 2. The Labute approximate surface area is 150 Å². The quantitative estimate of drug-likeness (QED) is 0.662. The maximum absolute atomic E-state index is 12.5. The monoisotopic (exact) mass is 405 g/mol. The number of carbonyl (C=O) groups is 1. The van der Waals surface area contributed by atoms with Crippen molar-refractivity contribution in [3.8, 4) is 0 Å². The lowest BCUT2D eigenvalue weighted by atomic mass is 10.3. The SMILES string of the molecule is Cc1cnc(NC(=O)c2cccnc2Sc2ccc(Br)cc2)s1. The van der Waals surface area contributed by atoms with Crippen LogP contribution < -0.4 is 5.32 Å². The Bertz CT molecular complexity index is 833. The Morgan fingerprint density at radius 2 is 2.00 bits per heavy atom. The van der Waals surface area contributed by atoms with Crippen molar-refractivity contribution >= 4 is 50.1 Å². The smallest absolute Gasteiger partial charge is 0.260 e. The number of carbonyl (C=O) groups excluding carboxylic acids is 1. The molecule has 7 heteroatoms. The van der Waals surface area contributed by atoms with E-state index in [-0.39, 0.29) is 5.91 Å². The van der Waals surface area contributed by atoms with Gasteiger partial charge in [0.25, 0.3) is 5.91 Å². The Kier molecular flexibility index (Phi) is 5.09. The van der Waals surface area contributed by atoms with Crippen LogP contribution in [0.4, 0.5) is 5.13 Å². The number of rotatable bonds is 4. The summed E-state index contributed by atoms with van der Waals surface area (Å²) >= 11 is 6.32. The van der Waals surface area contributed by atoms with Gasteiger partial charge in [-0.25, -0.2) is 9.97 Å². The molecule has 1 amide bonds. The molecule has 0 aliphatic heterocycles. The number of amides is 1. The average Bonchev–Trinajstić information content (AvgIpc) is 2.95. The van der Waals surface area contributed by atoms with E-state index in [0.717, 1.165) is 14.2 Å². The number of hydrogen-bond acceptors (Lipinski definition) is 5. The van der Waals surface area contributed by atoms with Crippen molar-refractivity contribution < 1.29 is 4.79 Å². The number of benzene rings is 1. The third-order valence-corrected chi connectivity index (χ3v) is 5.27. The number of anilines is 1. The molecule has 116 valence electrons. The zero-order valence-electron chi connectivity index (χ0n) is 12.1. The molecule has 0 aliphatic rings. The van der Waals surface area contributed by atoms with Crippen LogP contribution >= 0.6 is 39.0 Å². The molecule has 4 nitrogen and oxygen atoms in total. The van der Waals surface area contributed by atoms with Crippen LogP contribution in [0.2, 0.25) is 0 Å². The number of aryl methyl sites for hydroxylation is 1. The summed E-state index contributed by atoms with van der Waals surface area (Å²) in [6, 6.07) is 11.4. The van der Waals surface area contributed by atoms with E-state index in [2.05, 4.69) is 31.2 Å². The molecule has 23 heavy (non-hydrogen) atoms. The molecule has 0 aliphatic carbocycles. The highest BCUT2D eigenvalue weighted by Crippen LogP contribution is 2.30. The fourth-order valence-electron chi connectivity index (χ4n) is 1.84. The van der Waals surface area contributed by atoms with Crippen molar-refractivity contribution in [1.29, 1.82) is 0 Å². The van der Waals surface area contributed by atoms with Gasteiger partial charge in [-0.1, -0.05) is 27.7 Å². The van der Waals surface area contributed by atoms with Crippen LogP contribution in [-0.4, -0.2) is 15.9 Å². The van der Waals surface area contributed by atoms with Crippen LogP contribution in [0, 0.1) is 6.92 Å². The second kappa shape index (κ2) is 7.25. The second-order valence-corrected chi connectivity index (χ2v) is 7.85. The largest absolute Gasteiger partial charge is 0.298 e. The molecular weight excluding hydrogens is 394 g/mol. The zero-order chi connectivity index (χ0) is 16.2. The Morgan fingerprint density at radius 3 is 2.70 bits per heavy atom. The molecule has 2 aromatic heterocycles. The van der Waals surface area contributed by atoms with E-state index in [9.17, 15) is 4.79 Å². The molecule has 0 saturated carbocycles. The third-order valence-electron chi connectivity index (χ3n) is 2.89. The normalized spacial score (nSPS) is 10.5. The predicted octanol–water partition coefficient (Wildman–Crippen LogP) is 5.01. The van der Waals surface area contributed by atoms with Gasteiger partial charge in [-0.2, -0.15) is 0 Å². The summed E-state index contributed by atoms with van der Waals surface area (Å²) in [6.07, 6.45) is 3.42. The summed E-state index contributed by atoms with van der Waals surface area (Å²) in [5.41, 5.74) is 0.535. The van der Waals surface area contributed by atoms with Gasteiger partial charge in [-0.15, -0.1) is 11.3 Å². The molecule has 1 aromatic carbocycles. The molecule has 0 radical (unpaired) electrons. The van der Waals surface area contributed by atoms with E-state index in [1.807, 2.05) is 31.2 Å². The molecule has 3 aromatic rings. The maximum Gasteiger partial charge on any atom is 0.260 e. The summed E-state index contributed by atoms with van der Waals surface area (Å²) < 4.78 is 1.01. The molecule has 3 rings (SSSR count). The van der Waals surface area contributed by atoms with Gasteiger partial charge in [0, 0.05) is 26.6 Å². The summed E-state index contributed by atoms with van der Waals surface area (Å²) in [7, 11) is 0. The zero-order valence-corrected chi connectivity index (χ0v) is 15.3. The highest BCUT2D eigenvalue weighted by molar-refractivity contribution is 9.10. The van der Waals surface area contributed by atoms with Crippen LogP contribution in [0.25, 0.3) is 0 Å². The average molecular weight is 406 g/mol. The van der Waals surface area contributed by atoms with Gasteiger partial charge in [0.1, 0.15) is 5.03 Å². The number of pyridine rings is 1. The van der Waals surface area contributed by atoms with Crippen molar-refractivity contribution in [2.75, 3.05) is 5.32 Å². The third kappa shape index (κ3) is 4.19. The number of halogens is 1. The topological polar surface area (TPSA) is 54.9 Å². The van der Waals surface area contributed by atoms with E-state index in [0.29, 0.717) is 15.7 Å². The van der Waals surface area contributed by atoms with Gasteiger partial charge in [0.05, 0.1) is 5.56 Å². The standard InChI is InChI=1S/C16H12BrN3OS2/c1-10-9-19-16(22-10)20-14(21)13-3-2-8-18-15(13)23-12-6-4-11(17)5-7-12/h2-9H,1H3,(H,19,20,21). The van der Waals surface area contributed by atoms with Gasteiger partial charge in [-0.3, -0.25) is 10.1 Å². The summed E-state index contributed by atoms with van der Waals surface area (Å²) in [6.45, 7) is 1.95. The summed E-state index contributed by atoms with van der Waals surface area (Å²) in [5, 5.41) is 4.08. The van der Waals surface area contributed by atoms with Crippen molar-refractivity contribution in [2.24, 2.45) is 0 Å². The predicted molar refractivity (Wildman–Crippen MR) is 97.3 cm³/mol. The molecule has 1 N–H and O–H groups in total. The van der Waals surface area contributed by atoms with Gasteiger partial charge in [0.15, 0.2) is 5.13 Å². The highest BCUT2D eigenvalue weighted by atomic mass is 79.9. The fourth-order valence-corrected chi connectivity index (χ4v) is 3.64. The summed E-state index contributed by atoms with van der Waals surface area (Å²) in [4.78, 5) is 23.1.